The third kappa shape index (κ3) is 2.79. The van der Waals surface area contributed by atoms with Crippen LogP contribution in [0.4, 0.5) is 0 Å². The van der Waals surface area contributed by atoms with Gasteiger partial charge in [-0.15, -0.1) is 0 Å². The van der Waals surface area contributed by atoms with Gasteiger partial charge in [-0.2, -0.15) is 5.26 Å². The first kappa shape index (κ1) is 13.6. The van der Waals surface area contributed by atoms with E-state index >= 15 is 0 Å². The van der Waals surface area contributed by atoms with E-state index in [4.69, 9.17) is 5.26 Å². The molecule has 5 nitrogen and oxygen atoms in total. The molecule has 0 radical (unpaired) electrons. The maximum Gasteiger partial charge on any atom is 0.222 e. The van der Waals surface area contributed by atoms with Crippen LogP contribution in [0.3, 0.4) is 0 Å². The second-order valence-electron chi connectivity index (χ2n) is 5.20. The minimum atomic E-state index is 0.223. The van der Waals surface area contributed by atoms with Gasteiger partial charge in [0, 0.05) is 45.3 Å². The van der Waals surface area contributed by atoms with Crippen LogP contribution >= 0.6 is 0 Å². The number of piperidine rings is 1. The molecule has 5 heteroatoms. The molecular weight excluding hydrogens is 240 g/mol. The van der Waals surface area contributed by atoms with E-state index in [1.165, 1.54) is 0 Å². The highest BCUT2D eigenvalue weighted by atomic mass is 16.2. The molecule has 2 rings (SSSR count). The number of nitrogens with one attached hydrogen (secondary N) is 1. The minimum Gasteiger partial charge on any atom is -0.344 e. The van der Waals surface area contributed by atoms with E-state index < -0.39 is 0 Å². The zero-order valence-corrected chi connectivity index (χ0v) is 11.7. The quantitative estimate of drug-likeness (QED) is 0.879. The number of carbonyl (C=O) groups is 1. The molecule has 1 aromatic rings. The van der Waals surface area contributed by atoms with Gasteiger partial charge in [-0.3, -0.25) is 4.79 Å². The Morgan fingerprint density at radius 3 is 2.84 bits per heavy atom. The summed E-state index contributed by atoms with van der Waals surface area (Å²) in [6, 6.07) is 4.46. The molecule has 19 heavy (non-hydrogen) atoms. The van der Waals surface area contributed by atoms with Crippen molar-refractivity contribution in [3.8, 4) is 6.07 Å². The van der Waals surface area contributed by atoms with Crippen molar-refractivity contribution in [2.24, 2.45) is 7.05 Å². The van der Waals surface area contributed by atoms with E-state index in [1.807, 2.05) is 31.7 Å². The Morgan fingerprint density at radius 1 is 1.53 bits per heavy atom. The number of likely N-dealkylation sites (N-methyl/N-ethyl adjacent to an activating group) is 1. The summed E-state index contributed by atoms with van der Waals surface area (Å²) in [5, 5.41) is 12.5. The second kappa shape index (κ2) is 5.45. The fourth-order valence-electron chi connectivity index (χ4n) is 2.48. The van der Waals surface area contributed by atoms with Crippen LogP contribution in [0.1, 0.15) is 29.8 Å². The van der Waals surface area contributed by atoms with Gasteiger partial charge < -0.3 is 14.8 Å². The molecule has 0 aliphatic carbocycles. The standard InChI is InChI=1S/C14H20N4O/c1-10-11(6-13(7-15)18(10)3)8-16-12-4-5-14(19)17(2)9-12/h6,12,16H,4-5,8-9H2,1-3H3. The molecular formula is C14H20N4O. The van der Waals surface area contributed by atoms with Crippen LogP contribution in [0.2, 0.25) is 0 Å². The van der Waals surface area contributed by atoms with Gasteiger partial charge in [0.1, 0.15) is 11.8 Å². The first-order valence-corrected chi connectivity index (χ1v) is 6.55. The van der Waals surface area contributed by atoms with E-state index in [-0.39, 0.29) is 5.91 Å². The molecule has 1 aromatic heterocycles. The van der Waals surface area contributed by atoms with Crippen LogP contribution in [0, 0.1) is 18.3 Å². The number of amides is 1. The number of aromatic nitrogens is 1. The molecule has 2 heterocycles. The molecule has 1 aliphatic rings. The first-order valence-electron chi connectivity index (χ1n) is 6.55. The van der Waals surface area contributed by atoms with Crippen LogP contribution in [0.25, 0.3) is 0 Å². The molecule has 0 spiro atoms. The Kier molecular flexibility index (Phi) is 3.91. The Balaban J connectivity index is 1.96. The number of nitrogens with zero attached hydrogens (tertiary/aromatic N) is 3. The molecule has 1 saturated heterocycles. The third-order valence-electron chi connectivity index (χ3n) is 3.96. The van der Waals surface area contributed by atoms with E-state index in [0.717, 1.165) is 30.8 Å². The summed E-state index contributed by atoms with van der Waals surface area (Å²) < 4.78 is 1.91. The third-order valence-corrected chi connectivity index (χ3v) is 3.96. The van der Waals surface area contributed by atoms with Crippen molar-refractivity contribution in [2.75, 3.05) is 13.6 Å². The highest BCUT2D eigenvalue weighted by Gasteiger charge is 2.22. The molecule has 1 unspecified atom stereocenters. The van der Waals surface area contributed by atoms with Gasteiger partial charge in [0.25, 0.3) is 0 Å². The average Bonchev–Trinajstić information content (AvgIpc) is 2.67. The number of carbonyl (C=O) groups excluding carboxylic acids is 1. The Hall–Kier alpha value is -1.80. The van der Waals surface area contributed by atoms with E-state index in [2.05, 4.69) is 11.4 Å². The summed E-state index contributed by atoms with van der Waals surface area (Å²) in [6.45, 7) is 3.53. The first-order chi connectivity index (χ1) is 9.02. The molecule has 1 fully saturated rings. The summed E-state index contributed by atoms with van der Waals surface area (Å²) in [7, 11) is 3.75. The van der Waals surface area contributed by atoms with E-state index in [9.17, 15) is 4.79 Å². The molecule has 0 bridgehead atoms. The van der Waals surface area contributed by atoms with E-state index in [1.54, 1.807) is 4.90 Å². The molecule has 1 aliphatic heterocycles. The van der Waals surface area contributed by atoms with Gasteiger partial charge in [-0.1, -0.05) is 0 Å². The lowest BCUT2D eigenvalue weighted by molar-refractivity contribution is -0.132. The molecule has 102 valence electrons. The SMILES string of the molecule is Cc1c(CNC2CCC(=O)N(C)C2)cc(C#N)n1C. The molecule has 0 aromatic carbocycles. The summed E-state index contributed by atoms with van der Waals surface area (Å²) in [5.74, 6) is 0.223. The van der Waals surface area contributed by atoms with Crippen LogP contribution in [-0.4, -0.2) is 35.0 Å². The van der Waals surface area contributed by atoms with E-state index in [0.29, 0.717) is 18.2 Å². The topological polar surface area (TPSA) is 61.1 Å². The van der Waals surface area contributed by atoms with Crippen molar-refractivity contribution in [1.82, 2.24) is 14.8 Å². The zero-order chi connectivity index (χ0) is 14.0. The van der Waals surface area contributed by atoms with Crippen molar-refractivity contribution < 1.29 is 4.79 Å². The number of hydrogen-bond acceptors (Lipinski definition) is 3. The predicted octanol–water partition coefficient (Wildman–Crippen LogP) is 0.916. The Labute approximate surface area is 113 Å². The largest absolute Gasteiger partial charge is 0.344 e. The maximum atomic E-state index is 11.4. The number of nitriles is 1. The van der Waals surface area contributed by atoms with Crippen molar-refractivity contribution >= 4 is 5.91 Å². The van der Waals surface area contributed by atoms with Crippen molar-refractivity contribution in [3.05, 3.63) is 23.0 Å². The van der Waals surface area contributed by atoms with Gasteiger partial charge in [0.15, 0.2) is 0 Å². The zero-order valence-electron chi connectivity index (χ0n) is 11.7. The Morgan fingerprint density at radius 2 is 2.26 bits per heavy atom. The van der Waals surface area contributed by atoms with Crippen LogP contribution < -0.4 is 5.32 Å². The predicted molar refractivity (Wildman–Crippen MR) is 72.4 cm³/mol. The van der Waals surface area contributed by atoms with Crippen LogP contribution in [0.15, 0.2) is 6.07 Å². The number of likely N-dealkylation sites (tertiary alicyclic amines) is 1. The summed E-state index contributed by atoms with van der Waals surface area (Å²) in [4.78, 5) is 13.2. The smallest absolute Gasteiger partial charge is 0.222 e. The molecule has 1 atom stereocenters. The van der Waals surface area contributed by atoms with Crippen molar-refractivity contribution in [2.45, 2.75) is 32.4 Å². The van der Waals surface area contributed by atoms with Crippen molar-refractivity contribution in [3.63, 3.8) is 0 Å². The molecule has 1 N–H and O–H groups in total. The van der Waals surface area contributed by atoms with Gasteiger partial charge in [-0.05, 0) is 25.0 Å². The summed E-state index contributed by atoms with van der Waals surface area (Å²) in [6.07, 6.45) is 1.51. The lowest BCUT2D eigenvalue weighted by Gasteiger charge is -2.30. The van der Waals surface area contributed by atoms with Crippen molar-refractivity contribution in [1.29, 1.82) is 5.26 Å². The molecule has 0 saturated carbocycles. The lowest BCUT2D eigenvalue weighted by Crippen LogP contribution is -2.46. The highest BCUT2D eigenvalue weighted by molar-refractivity contribution is 5.76. The number of hydrogen-bond donors (Lipinski definition) is 1. The summed E-state index contributed by atoms with van der Waals surface area (Å²) in [5.41, 5.74) is 2.95. The lowest BCUT2D eigenvalue weighted by atomic mass is 10.1. The fourth-order valence-corrected chi connectivity index (χ4v) is 2.48. The summed E-state index contributed by atoms with van der Waals surface area (Å²) >= 11 is 0. The highest BCUT2D eigenvalue weighted by Crippen LogP contribution is 2.15. The average molecular weight is 260 g/mol. The van der Waals surface area contributed by atoms with Gasteiger partial charge >= 0.3 is 0 Å². The Bertz CT molecular complexity index is 526. The van der Waals surface area contributed by atoms with Gasteiger partial charge in [-0.25, -0.2) is 0 Å². The van der Waals surface area contributed by atoms with Gasteiger partial charge in [0.05, 0.1) is 0 Å². The van der Waals surface area contributed by atoms with Gasteiger partial charge in [0.2, 0.25) is 5.91 Å². The number of rotatable bonds is 3. The second-order valence-corrected chi connectivity index (χ2v) is 5.20. The molecule has 1 amide bonds. The van der Waals surface area contributed by atoms with Crippen LogP contribution in [0.5, 0.6) is 0 Å². The normalized spacial score (nSPS) is 19.6. The fraction of sp³-hybridized carbons (Fsp3) is 0.571. The monoisotopic (exact) mass is 260 g/mol. The minimum absolute atomic E-state index is 0.223. The van der Waals surface area contributed by atoms with Crippen LogP contribution in [-0.2, 0) is 18.4 Å². The maximum absolute atomic E-state index is 11.4.